The number of halogens is 3. The Labute approximate surface area is 93.8 Å². The molecule has 0 fully saturated rings. The molecule has 0 radical (unpaired) electrons. The van der Waals surface area contributed by atoms with Gasteiger partial charge in [-0.25, -0.2) is 4.39 Å². The zero-order valence-corrected chi connectivity index (χ0v) is 9.11. The van der Waals surface area contributed by atoms with Crippen LogP contribution in [0.5, 0.6) is 0 Å². The largest absolute Gasteiger partial charge is 0.330 e. The van der Waals surface area contributed by atoms with Crippen LogP contribution in [0.25, 0.3) is 0 Å². The van der Waals surface area contributed by atoms with Crippen LogP contribution in [0, 0.1) is 5.82 Å². The molecule has 2 nitrogen and oxygen atoms in total. The molecule has 0 aliphatic rings. The molecule has 0 spiro atoms. The smallest absolute Gasteiger partial charge is 0.125 e. The quantitative estimate of drug-likeness (QED) is 0.849. The topological polar surface area (TPSA) is 52.0 Å². The molecule has 0 amide bonds. The molecule has 1 rings (SSSR count). The van der Waals surface area contributed by atoms with Crippen molar-refractivity contribution in [2.24, 2.45) is 11.5 Å². The molecule has 4 N–H and O–H groups in total. The van der Waals surface area contributed by atoms with Crippen LogP contribution in [-0.2, 0) is 0 Å². The number of benzene rings is 1. The first-order chi connectivity index (χ1) is 6.13. The maximum Gasteiger partial charge on any atom is 0.125 e. The minimum Gasteiger partial charge on any atom is -0.330 e. The van der Waals surface area contributed by atoms with Gasteiger partial charge in [-0.15, -0.1) is 12.4 Å². The van der Waals surface area contributed by atoms with Crippen molar-refractivity contribution in [3.05, 3.63) is 34.6 Å². The van der Waals surface area contributed by atoms with Gasteiger partial charge in [0.2, 0.25) is 0 Å². The summed E-state index contributed by atoms with van der Waals surface area (Å²) in [6.07, 6.45) is 0.625. The van der Waals surface area contributed by atoms with Crippen LogP contribution in [0.1, 0.15) is 18.0 Å². The van der Waals surface area contributed by atoms with Gasteiger partial charge in [-0.1, -0.05) is 11.6 Å². The molecule has 0 aliphatic carbocycles. The lowest BCUT2D eigenvalue weighted by atomic mass is 10.0. The molecule has 80 valence electrons. The summed E-state index contributed by atoms with van der Waals surface area (Å²) < 4.78 is 12.9. The summed E-state index contributed by atoms with van der Waals surface area (Å²) in [6.45, 7) is 0.481. The summed E-state index contributed by atoms with van der Waals surface area (Å²) in [7, 11) is 0. The Balaban J connectivity index is 0.00000169. The van der Waals surface area contributed by atoms with Crippen molar-refractivity contribution in [2.45, 2.75) is 12.5 Å². The third-order valence-corrected chi connectivity index (χ3v) is 2.01. The third kappa shape index (κ3) is 3.80. The van der Waals surface area contributed by atoms with Gasteiger partial charge in [0.15, 0.2) is 0 Å². The van der Waals surface area contributed by atoms with E-state index in [0.29, 0.717) is 23.6 Å². The lowest BCUT2D eigenvalue weighted by Gasteiger charge is -2.10. The van der Waals surface area contributed by atoms with Gasteiger partial charge in [0.1, 0.15) is 5.82 Å². The van der Waals surface area contributed by atoms with E-state index < -0.39 is 0 Å². The molecule has 0 saturated carbocycles. The van der Waals surface area contributed by atoms with Crippen molar-refractivity contribution in [1.29, 1.82) is 0 Å². The van der Waals surface area contributed by atoms with E-state index in [4.69, 9.17) is 23.1 Å². The Hall–Kier alpha value is -0.350. The van der Waals surface area contributed by atoms with E-state index in [0.717, 1.165) is 0 Å². The Morgan fingerprint density at radius 3 is 2.50 bits per heavy atom. The number of nitrogens with two attached hydrogens (primary N) is 2. The Bertz CT molecular complexity index is 274. The molecule has 0 aromatic heterocycles. The average Bonchev–Trinajstić information content (AvgIpc) is 2.03. The minimum absolute atomic E-state index is 0. The molecule has 1 aromatic carbocycles. The first-order valence-electron chi connectivity index (χ1n) is 4.05. The molecular weight excluding hydrogens is 226 g/mol. The molecule has 0 aliphatic heterocycles. The second-order valence-corrected chi connectivity index (χ2v) is 3.32. The van der Waals surface area contributed by atoms with Crippen LogP contribution in [0.3, 0.4) is 0 Å². The van der Waals surface area contributed by atoms with Crippen LogP contribution in [0.2, 0.25) is 5.02 Å². The predicted molar refractivity (Wildman–Crippen MR) is 59.3 cm³/mol. The maximum atomic E-state index is 12.9. The second-order valence-electron chi connectivity index (χ2n) is 2.89. The molecule has 0 bridgehead atoms. The Kier molecular flexibility index (Phi) is 6.04. The highest BCUT2D eigenvalue weighted by Gasteiger charge is 2.07. The third-order valence-electron chi connectivity index (χ3n) is 1.79. The zero-order chi connectivity index (χ0) is 9.84. The van der Waals surface area contributed by atoms with E-state index >= 15 is 0 Å². The molecule has 1 atom stereocenters. The van der Waals surface area contributed by atoms with E-state index in [2.05, 4.69) is 0 Å². The van der Waals surface area contributed by atoms with Crippen molar-refractivity contribution in [1.82, 2.24) is 0 Å². The molecular formula is C9H13Cl2FN2. The zero-order valence-electron chi connectivity index (χ0n) is 7.54. The van der Waals surface area contributed by atoms with Crippen molar-refractivity contribution >= 4 is 24.0 Å². The van der Waals surface area contributed by atoms with Crippen LogP contribution in [0.15, 0.2) is 18.2 Å². The van der Waals surface area contributed by atoms with Gasteiger partial charge in [0, 0.05) is 11.1 Å². The summed E-state index contributed by atoms with van der Waals surface area (Å²) >= 11 is 5.67. The van der Waals surface area contributed by atoms with Crippen molar-refractivity contribution in [3.63, 3.8) is 0 Å². The summed E-state index contributed by atoms with van der Waals surface area (Å²) in [5.41, 5.74) is 11.8. The van der Waals surface area contributed by atoms with Gasteiger partial charge >= 0.3 is 0 Å². The molecule has 0 heterocycles. The fourth-order valence-corrected chi connectivity index (χ4v) is 1.37. The lowest BCUT2D eigenvalue weighted by molar-refractivity contribution is 0.612. The highest BCUT2D eigenvalue weighted by atomic mass is 35.5. The molecule has 5 heteroatoms. The first-order valence-corrected chi connectivity index (χ1v) is 4.43. The fourth-order valence-electron chi connectivity index (χ4n) is 1.14. The summed E-state index contributed by atoms with van der Waals surface area (Å²) in [5.74, 6) is -0.366. The predicted octanol–water partition coefficient (Wildman–Crippen LogP) is 2.25. The first kappa shape index (κ1) is 13.7. The molecule has 0 unspecified atom stereocenters. The highest BCUT2D eigenvalue weighted by Crippen LogP contribution is 2.19. The van der Waals surface area contributed by atoms with Gasteiger partial charge in [0.05, 0.1) is 0 Å². The van der Waals surface area contributed by atoms with E-state index in [1.165, 1.54) is 12.1 Å². The van der Waals surface area contributed by atoms with E-state index in [1.807, 2.05) is 0 Å². The van der Waals surface area contributed by atoms with Gasteiger partial charge in [-0.2, -0.15) is 0 Å². The monoisotopic (exact) mass is 238 g/mol. The average molecular weight is 239 g/mol. The van der Waals surface area contributed by atoms with E-state index in [-0.39, 0.29) is 24.3 Å². The van der Waals surface area contributed by atoms with Crippen molar-refractivity contribution in [3.8, 4) is 0 Å². The SMILES string of the molecule is Cl.NCC[C@@H](N)c1cc(F)cc(Cl)c1. The van der Waals surface area contributed by atoms with Gasteiger partial charge in [0.25, 0.3) is 0 Å². The normalized spacial score (nSPS) is 12.0. The summed E-state index contributed by atoms with van der Waals surface area (Å²) in [5, 5.41) is 0.363. The van der Waals surface area contributed by atoms with Crippen molar-refractivity contribution in [2.75, 3.05) is 6.54 Å². The van der Waals surface area contributed by atoms with Crippen molar-refractivity contribution < 1.29 is 4.39 Å². The van der Waals surface area contributed by atoms with Gasteiger partial charge in [-0.3, -0.25) is 0 Å². The number of hydrogen-bond acceptors (Lipinski definition) is 2. The number of hydrogen-bond donors (Lipinski definition) is 2. The standard InChI is InChI=1S/C9H12ClFN2.ClH/c10-7-3-6(4-8(11)5-7)9(13)1-2-12;/h3-5,9H,1-2,12-13H2;1H/t9-;/m1./s1. The summed E-state index contributed by atoms with van der Waals surface area (Å²) in [6, 6.07) is 4.05. The summed E-state index contributed by atoms with van der Waals surface area (Å²) in [4.78, 5) is 0. The van der Waals surface area contributed by atoms with Gasteiger partial charge in [-0.05, 0) is 36.7 Å². The highest BCUT2D eigenvalue weighted by molar-refractivity contribution is 6.30. The Morgan fingerprint density at radius 1 is 1.36 bits per heavy atom. The second kappa shape index (κ2) is 6.19. The van der Waals surface area contributed by atoms with E-state index in [1.54, 1.807) is 6.07 Å². The van der Waals surface area contributed by atoms with Crippen LogP contribution >= 0.6 is 24.0 Å². The van der Waals surface area contributed by atoms with Crippen LogP contribution < -0.4 is 11.5 Å². The van der Waals surface area contributed by atoms with Gasteiger partial charge < -0.3 is 11.5 Å². The maximum absolute atomic E-state index is 12.9. The lowest BCUT2D eigenvalue weighted by Crippen LogP contribution is -2.15. The van der Waals surface area contributed by atoms with Crippen LogP contribution in [0.4, 0.5) is 4.39 Å². The van der Waals surface area contributed by atoms with E-state index in [9.17, 15) is 4.39 Å². The fraction of sp³-hybridized carbons (Fsp3) is 0.333. The van der Waals surface area contributed by atoms with Crippen LogP contribution in [-0.4, -0.2) is 6.54 Å². The molecule has 14 heavy (non-hydrogen) atoms. The molecule has 1 aromatic rings. The number of rotatable bonds is 3. The molecule has 0 saturated heterocycles. The minimum atomic E-state index is -0.366. The Morgan fingerprint density at radius 2 is 2.00 bits per heavy atom.